The number of nitrogens with one attached hydrogen (secondary N) is 1. The van der Waals surface area contributed by atoms with Crippen LogP contribution in [0, 0.1) is 6.92 Å². The van der Waals surface area contributed by atoms with Gasteiger partial charge >= 0.3 is 0 Å². The van der Waals surface area contributed by atoms with Gasteiger partial charge in [-0.15, -0.1) is 10.2 Å². The molecule has 0 aliphatic heterocycles. The van der Waals surface area contributed by atoms with Crippen molar-refractivity contribution in [2.45, 2.75) is 19.0 Å². The molecule has 0 atom stereocenters. The molecule has 140 valence electrons. The van der Waals surface area contributed by atoms with Crippen LogP contribution in [0.5, 0.6) is 0 Å². The number of hydrogen-bond donors (Lipinski definition) is 1. The molecule has 28 heavy (non-hydrogen) atoms. The molecule has 0 saturated carbocycles. The first-order valence-corrected chi connectivity index (χ1v) is 9.78. The Balaban J connectivity index is 1.54. The summed E-state index contributed by atoms with van der Waals surface area (Å²) in [6, 6.07) is 17.0. The Labute approximate surface area is 166 Å². The Morgan fingerprint density at radius 3 is 2.71 bits per heavy atom. The van der Waals surface area contributed by atoms with Gasteiger partial charge in [0.2, 0.25) is 5.91 Å². The van der Waals surface area contributed by atoms with Crippen molar-refractivity contribution in [1.29, 1.82) is 0 Å². The van der Waals surface area contributed by atoms with Crippen LogP contribution in [0.25, 0.3) is 16.6 Å². The highest BCUT2D eigenvalue weighted by molar-refractivity contribution is 7.99. The van der Waals surface area contributed by atoms with Crippen molar-refractivity contribution in [2.24, 2.45) is 0 Å². The number of anilines is 1. The van der Waals surface area contributed by atoms with Crippen molar-refractivity contribution in [2.75, 3.05) is 11.1 Å². The van der Waals surface area contributed by atoms with Gasteiger partial charge in [0.1, 0.15) is 0 Å². The van der Waals surface area contributed by atoms with E-state index in [1.807, 2.05) is 35.6 Å². The number of amides is 1. The van der Waals surface area contributed by atoms with E-state index in [2.05, 4.69) is 21.6 Å². The van der Waals surface area contributed by atoms with Crippen molar-refractivity contribution in [3.63, 3.8) is 0 Å². The van der Waals surface area contributed by atoms with Gasteiger partial charge in [0, 0.05) is 16.6 Å². The minimum absolute atomic E-state index is 0.0393. The summed E-state index contributed by atoms with van der Waals surface area (Å²) in [4.78, 5) is 23.9. The van der Waals surface area contributed by atoms with Crippen molar-refractivity contribution >= 4 is 45.7 Å². The highest BCUT2D eigenvalue weighted by Gasteiger charge is 2.13. The molecular formula is C21H18N4O2S. The molecule has 0 spiro atoms. The molecule has 7 heteroatoms. The molecule has 2 aromatic heterocycles. The number of para-hydroxylation sites is 1. The van der Waals surface area contributed by atoms with Gasteiger partial charge in [-0.1, -0.05) is 42.1 Å². The zero-order valence-corrected chi connectivity index (χ0v) is 16.3. The van der Waals surface area contributed by atoms with Gasteiger partial charge in [-0.25, -0.2) is 0 Å². The van der Waals surface area contributed by atoms with E-state index in [1.165, 1.54) is 18.7 Å². The number of aryl methyl sites for hydroxylation is 1. The van der Waals surface area contributed by atoms with Crippen LogP contribution >= 0.6 is 11.8 Å². The third-order valence-corrected chi connectivity index (χ3v) is 5.39. The van der Waals surface area contributed by atoms with Crippen LogP contribution in [0.1, 0.15) is 22.8 Å². The Hall–Kier alpha value is -3.19. The molecule has 0 radical (unpaired) electrons. The molecule has 4 aromatic rings. The lowest BCUT2D eigenvalue weighted by atomic mass is 10.1. The molecule has 4 rings (SSSR count). The van der Waals surface area contributed by atoms with E-state index < -0.39 is 0 Å². The summed E-state index contributed by atoms with van der Waals surface area (Å²) in [6.07, 6.45) is 0. The van der Waals surface area contributed by atoms with Crippen LogP contribution in [0.15, 0.2) is 59.8 Å². The van der Waals surface area contributed by atoms with E-state index in [0.717, 1.165) is 22.1 Å². The van der Waals surface area contributed by atoms with Crippen molar-refractivity contribution in [3.8, 4) is 0 Å². The first-order chi connectivity index (χ1) is 13.5. The van der Waals surface area contributed by atoms with Gasteiger partial charge in [0.05, 0.1) is 11.3 Å². The summed E-state index contributed by atoms with van der Waals surface area (Å²) in [5, 5.41) is 13.1. The van der Waals surface area contributed by atoms with E-state index in [0.29, 0.717) is 16.4 Å². The van der Waals surface area contributed by atoms with E-state index >= 15 is 0 Å². The predicted octanol–water partition coefficient (Wildman–Crippen LogP) is 4.12. The maximum Gasteiger partial charge on any atom is 0.234 e. The molecule has 2 aromatic carbocycles. The third-order valence-electron chi connectivity index (χ3n) is 4.46. The summed E-state index contributed by atoms with van der Waals surface area (Å²) >= 11 is 1.33. The second kappa shape index (κ2) is 7.44. The van der Waals surface area contributed by atoms with Gasteiger partial charge in [0.15, 0.2) is 16.6 Å². The smallest absolute Gasteiger partial charge is 0.234 e. The minimum atomic E-state index is -0.168. The lowest BCUT2D eigenvalue weighted by molar-refractivity contribution is -0.113. The highest BCUT2D eigenvalue weighted by Crippen LogP contribution is 2.25. The van der Waals surface area contributed by atoms with Crippen LogP contribution in [-0.2, 0) is 4.79 Å². The standard InChI is InChI=1S/C21H18N4O2S/c1-13-10-19-23-24-21(25(19)18-9-4-3-8-17(13)18)28-12-20(27)22-16-7-5-6-15(11-16)14(2)26/h3-11H,12H2,1-2H3,(H,22,27). The van der Waals surface area contributed by atoms with Crippen molar-refractivity contribution < 1.29 is 9.59 Å². The van der Waals surface area contributed by atoms with E-state index in [9.17, 15) is 9.59 Å². The largest absolute Gasteiger partial charge is 0.325 e. The minimum Gasteiger partial charge on any atom is -0.325 e. The van der Waals surface area contributed by atoms with Crippen LogP contribution in [0.3, 0.4) is 0 Å². The van der Waals surface area contributed by atoms with Crippen molar-refractivity contribution in [1.82, 2.24) is 14.6 Å². The SMILES string of the molecule is CC(=O)c1cccc(NC(=O)CSc2nnc3cc(C)c4ccccc4n23)c1. The molecule has 0 fully saturated rings. The van der Waals surface area contributed by atoms with Gasteiger partial charge in [-0.3, -0.25) is 14.0 Å². The molecule has 0 aliphatic rings. The van der Waals surface area contributed by atoms with E-state index in [1.54, 1.807) is 24.3 Å². The number of benzene rings is 2. The number of Topliss-reactive ketones (excluding diaryl/α,β-unsaturated/α-hetero) is 1. The zero-order valence-electron chi connectivity index (χ0n) is 15.5. The number of hydrogen-bond acceptors (Lipinski definition) is 5. The van der Waals surface area contributed by atoms with Gasteiger partial charge in [-0.05, 0) is 43.7 Å². The number of rotatable bonds is 5. The number of thioether (sulfide) groups is 1. The second-order valence-electron chi connectivity index (χ2n) is 6.49. The number of carbonyl (C=O) groups excluding carboxylic acids is 2. The first-order valence-electron chi connectivity index (χ1n) is 8.80. The second-order valence-corrected chi connectivity index (χ2v) is 7.44. The first kappa shape index (κ1) is 18.2. The molecule has 1 N–H and O–H groups in total. The summed E-state index contributed by atoms with van der Waals surface area (Å²) < 4.78 is 1.97. The Morgan fingerprint density at radius 1 is 1.07 bits per heavy atom. The monoisotopic (exact) mass is 390 g/mol. The normalized spacial score (nSPS) is 11.1. The maximum absolute atomic E-state index is 12.4. The zero-order chi connectivity index (χ0) is 19.7. The van der Waals surface area contributed by atoms with Crippen LogP contribution in [0.2, 0.25) is 0 Å². The average Bonchev–Trinajstić information content (AvgIpc) is 3.09. The lowest BCUT2D eigenvalue weighted by Crippen LogP contribution is -2.14. The molecule has 0 unspecified atom stereocenters. The summed E-state index contributed by atoms with van der Waals surface area (Å²) in [5.41, 5.74) is 4.07. The molecule has 1 amide bonds. The van der Waals surface area contributed by atoms with Crippen LogP contribution in [-0.4, -0.2) is 32.0 Å². The molecule has 0 aliphatic carbocycles. The Bertz CT molecular complexity index is 1220. The topological polar surface area (TPSA) is 76.4 Å². The Kier molecular flexibility index (Phi) is 4.83. The maximum atomic E-state index is 12.4. The van der Waals surface area contributed by atoms with E-state index in [4.69, 9.17) is 0 Å². The number of nitrogens with zero attached hydrogens (tertiary/aromatic N) is 3. The number of ketones is 1. The predicted molar refractivity (Wildman–Crippen MR) is 111 cm³/mol. The Morgan fingerprint density at radius 2 is 1.89 bits per heavy atom. The summed E-state index contributed by atoms with van der Waals surface area (Å²) in [7, 11) is 0. The fourth-order valence-electron chi connectivity index (χ4n) is 3.11. The molecule has 6 nitrogen and oxygen atoms in total. The highest BCUT2D eigenvalue weighted by atomic mass is 32.2. The number of aromatic nitrogens is 3. The summed E-state index contributed by atoms with van der Waals surface area (Å²) in [5.74, 6) is -0.0192. The third kappa shape index (κ3) is 3.48. The number of pyridine rings is 1. The van der Waals surface area contributed by atoms with Crippen molar-refractivity contribution in [3.05, 3.63) is 65.7 Å². The summed E-state index contributed by atoms with van der Waals surface area (Å²) in [6.45, 7) is 3.55. The van der Waals surface area contributed by atoms with Gasteiger partial charge in [0.25, 0.3) is 0 Å². The molecule has 0 saturated heterocycles. The number of carbonyl (C=O) groups is 2. The molecule has 0 bridgehead atoms. The average molecular weight is 390 g/mol. The fourth-order valence-corrected chi connectivity index (χ4v) is 3.86. The lowest BCUT2D eigenvalue weighted by Gasteiger charge is -2.08. The quantitative estimate of drug-likeness (QED) is 0.410. The fraction of sp³-hybridized carbons (Fsp3) is 0.143. The van der Waals surface area contributed by atoms with Crippen LogP contribution in [0.4, 0.5) is 5.69 Å². The van der Waals surface area contributed by atoms with E-state index in [-0.39, 0.29) is 17.4 Å². The van der Waals surface area contributed by atoms with Gasteiger partial charge < -0.3 is 5.32 Å². The number of fused-ring (bicyclic) bond motifs is 3. The van der Waals surface area contributed by atoms with Crippen LogP contribution < -0.4 is 5.32 Å². The molecular weight excluding hydrogens is 372 g/mol. The van der Waals surface area contributed by atoms with Gasteiger partial charge in [-0.2, -0.15) is 0 Å². The molecule has 2 heterocycles.